The van der Waals surface area contributed by atoms with Crippen molar-refractivity contribution >= 4 is 28.5 Å². The maximum atomic E-state index is 13.0. The largest absolute Gasteiger partial charge is 0.481 e. The molecular weight excluding hydrogens is 394 g/mol. The van der Waals surface area contributed by atoms with Gasteiger partial charge in [0.1, 0.15) is 0 Å². The summed E-state index contributed by atoms with van der Waals surface area (Å²) in [6, 6.07) is 14.8. The van der Waals surface area contributed by atoms with Crippen molar-refractivity contribution in [1.82, 2.24) is 9.99 Å². The number of carbonyl (C=O) groups excluding carboxylic acids is 1. The highest BCUT2D eigenvalue weighted by atomic mass is 16.4. The summed E-state index contributed by atoms with van der Waals surface area (Å²) >= 11 is 0. The fourth-order valence-electron chi connectivity index (χ4n) is 3.88. The lowest BCUT2D eigenvalue weighted by atomic mass is 9.97. The van der Waals surface area contributed by atoms with Gasteiger partial charge in [-0.05, 0) is 36.4 Å². The number of aryl methyl sites for hydroxylation is 2. The van der Waals surface area contributed by atoms with Gasteiger partial charge in [-0.1, -0.05) is 48.0 Å². The molecule has 0 fully saturated rings. The van der Waals surface area contributed by atoms with Gasteiger partial charge in [-0.3, -0.25) is 14.4 Å². The van der Waals surface area contributed by atoms with Crippen LogP contribution in [-0.2, 0) is 9.59 Å². The van der Waals surface area contributed by atoms with Crippen LogP contribution in [0.4, 0.5) is 0 Å². The summed E-state index contributed by atoms with van der Waals surface area (Å²) in [5, 5.41) is 15.6. The van der Waals surface area contributed by atoms with Gasteiger partial charge in [-0.2, -0.15) is 5.10 Å². The number of benzene rings is 2. The Hall–Kier alpha value is -3.74. The van der Waals surface area contributed by atoms with Gasteiger partial charge in [0.05, 0.1) is 23.7 Å². The van der Waals surface area contributed by atoms with E-state index in [2.05, 4.69) is 10.1 Å². The van der Waals surface area contributed by atoms with Crippen molar-refractivity contribution in [1.29, 1.82) is 0 Å². The molecule has 2 heterocycles. The minimum Gasteiger partial charge on any atom is -0.481 e. The van der Waals surface area contributed by atoms with Crippen LogP contribution in [-0.4, -0.2) is 32.7 Å². The van der Waals surface area contributed by atoms with Crippen LogP contribution in [0.1, 0.15) is 47.6 Å². The molecule has 7 nitrogen and oxygen atoms in total. The maximum Gasteiger partial charge on any atom is 0.303 e. The van der Waals surface area contributed by atoms with Crippen molar-refractivity contribution in [3.8, 4) is 0 Å². The summed E-state index contributed by atoms with van der Waals surface area (Å²) in [5.74, 6) is -1.47. The number of pyridine rings is 1. The number of hydrogen-bond acceptors (Lipinski definition) is 4. The SMILES string of the molecule is Cc1ccc(C2=NN(C(=O)CCC(=O)O)[C@H](c3cc4cccc(C)c4[nH]c3=O)C2)cc1. The summed E-state index contributed by atoms with van der Waals surface area (Å²) in [5.41, 5.74) is 4.55. The van der Waals surface area contributed by atoms with E-state index < -0.39 is 17.9 Å². The molecule has 2 aromatic carbocycles. The van der Waals surface area contributed by atoms with Gasteiger partial charge in [0, 0.05) is 18.4 Å². The minimum atomic E-state index is -1.05. The number of carboxylic acid groups (broad SMARTS) is 1. The Morgan fingerprint density at radius 3 is 2.58 bits per heavy atom. The van der Waals surface area contributed by atoms with Gasteiger partial charge in [-0.25, -0.2) is 5.01 Å². The van der Waals surface area contributed by atoms with Crippen molar-refractivity contribution < 1.29 is 14.7 Å². The third-order valence-electron chi connectivity index (χ3n) is 5.58. The zero-order chi connectivity index (χ0) is 22.1. The van der Waals surface area contributed by atoms with Crippen LogP contribution in [0.3, 0.4) is 0 Å². The molecule has 1 atom stereocenters. The lowest BCUT2D eigenvalue weighted by Gasteiger charge is -2.21. The van der Waals surface area contributed by atoms with Crippen molar-refractivity contribution in [2.45, 2.75) is 39.2 Å². The van der Waals surface area contributed by atoms with E-state index in [0.717, 1.165) is 27.6 Å². The van der Waals surface area contributed by atoms with Crippen molar-refractivity contribution in [3.05, 3.63) is 81.1 Å². The second-order valence-electron chi connectivity index (χ2n) is 7.86. The molecule has 1 amide bonds. The molecule has 158 valence electrons. The molecule has 0 saturated heterocycles. The molecule has 1 aliphatic rings. The monoisotopic (exact) mass is 417 g/mol. The Morgan fingerprint density at radius 1 is 1.13 bits per heavy atom. The zero-order valence-corrected chi connectivity index (χ0v) is 17.4. The van der Waals surface area contributed by atoms with Crippen molar-refractivity contribution in [2.24, 2.45) is 5.10 Å². The van der Waals surface area contributed by atoms with Crippen LogP contribution in [0.5, 0.6) is 0 Å². The number of H-pyrrole nitrogens is 1. The van der Waals surface area contributed by atoms with Gasteiger partial charge < -0.3 is 10.1 Å². The molecule has 0 bridgehead atoms. The van der Waals surface area contributed by atoms with Gasteiger partial charge in [-0.15, -0.1) is 0 Å². The first-order chi connectivity index (χ1) is 14.8. The van der Waals surface area contributed by atoms with Crippen molar-refractivity contribution in [3.63, 3.8) is 0 Å². The van der Waals surface area contributed by atoms with Crippen LogP contribution < -0.4 is 5.56 Å². The average Bonchev–Trinajstić information content (AvgIpc) is 3.18. The molecule has 1 aliphatic heterocycles. The lowest BCUT2D eigenvalue weighted by Crippen LogP contribution is -2.31. The van der Waals surface area contributed by atoms with Crippen LogP contribution in [0.15, 0.2) is 58.4 Å². The van der Waals surface area contributed by atoms with Crippen LogP contribution in [0.2, 0.25) is 0 Å². The highest BCUT2D eigenvalue weighted by Gasteiger charge is 2.34. The van der Waals surface area contributed by atoms with E-state index in [1.807, 2.05) is 56.3 Å². The number of aliphatic carboxylic acids is 1. The molecule has 0 unspecified atom stereocenters. The van der Waals surface area contributed by atoms with Crippen LogP contribution >= 0.6 is 0 Å². The number of nitrogens with zero attached hydrogens (tertiary/aromatic N) is 2. The Balaban J connectivity index is 1.76. The average molecular weight is 417 g/mol. The molecule has 0 aliphatic carbocycles. The number of nitrogens with one attached hydrogen (secondary N) is 1. The van der Waals surface area contributed by atoms with E-state index in [9.17, 15) is 14.4 Å². The lowest BCUT2D eigenvalue weighted by molar-refractivity contribution is -0.141. The number of para-hydroxylation sites is 1. The third-order valence-corrected chi connectivity index (χ3v) is 5.58. The molecule has 1 aromatic heterocycles. The number of carbonyl (C=O) groups is 2. The topological polar surface area (TPSA) is 103 Å². The fraction of sp³-hybridized carbons (Fsp3) is 0.250. The molecule has 0 radical (unpaired) electrons. The quantitative estimate of drug-likeness (QED) is 0.661. The van der Waals surface area contributed by atoms with E-state index in [1.165, 1.54) is 5.01 Å². The number of rotatable bonds is 5. The molecule has 2 N–H and O–H groups in total. The van der Waals surface area contributed by atoms with E-state index in [-0.39, 0.29) is 18.4 Å². The van der Waals surface area contributed by atoms with E-state index in [0.29, 0.717) is 17.7 Å². The number of hydrazone groups is 1. The normalized spacial score (nSPS) is 15.9. The van der Waals surface area contributed by atoms with Gasteiger partial charge in [0.2, 0.25) is 5.91 Å². The highest BCUT2D eigenvalue weighted by molar-refractivity contribution is 6.03. The Bertz CT molecular complexity index is 1260. The van der Waals surface area contributed by atoms with E-state index in [4.69, 9.17) is 5.11 Å². The Morgan fingerprint density at radius 2 is 1.87 bits per heavy atom. The highest BCUT2D eigenvalue weighted by Crippen LogP contribution is 2.33. The molecule has 3 aromatic rings. The summed E-state index contributed by atoms with van der Waals surface area (Å²) < 4.78 is 0. The molecule has 31 heavy (non-hydrogen) atoms. The zero-order valence-electron chi connectivity index (χ0n) is 17.4. The van der Waals surface area contributed by atoms with Gasteiger partial charge in [0.15, 0.2) is 0 Å². The summed E-state index contributed by atoms with van der Waals surface area (Å²) in [4.78, 5) is 39.7. The van der Waals surface area contributed by atoms with E-state index in [1.54, 1.807) is 6.07 Å². The summed E-state index contributed by atoms with van der Waals surface area (Å²) in [6.07, 6.45) is -0.0892. The second kappa shape index (κ2) is 8.18. The summed E-state index contributed by atoms with van der Waals surface area (Å²) in [6.45, 7) is 3.91. The second-order valence-corrected chi connectivity index (χ2v) is 7.86. The predicted octanol–water partition coefficient (Wildman–Crippen LogP) is 3.69. The van der Waals surface area contributed by atoms with Gasteiger partial charge >= 0.3 is 5.97 Å². The Labute approximate surface area is 179 Å². The number of aromatic amines is 1. The number of fused-ring (bicyclic) bond motifs is 1. The fourth-order valence-corrected chi connectivity index (χ4v) is 3.88. The molecule has 7 heteroatoms. The molecule has 4 rings (SSSR count). The summed E-state index contributed by atoms with van der Waals surface area (Å²) in [7, 11) is 0. The third kappa shape index (κ3) is 4.12. The number of hydrogen-bond donors (Lipinski definition) is 2. The van der Waals surface area contributed by atoms with E-state index >= 15 is 0 Å². The molecular formula is C24H23N3O4. The molecule has 0 saturated carbocycles. The van der Waals surface area contributed by atoms with Crippen LogP contribution in [0.25, 0.3) is 10.9 Å². The van der Waals surface area contributed by atoms with Gasteiger partial charge in [0.25, 0.3) is 5.56 Å². The smallest absolute Gasteiger partial charge is 0.303 e. The number of aromatic nitrogens is 1. The minimum absolute atomic E-state index is 0.179. The maximum absolute atomic E-state index is 13.0. The number of amides is 1. The number of carboxylic acids is 1. The predicted molar refractivity (Wildman–Crippen MR) is 118 cm³/mol. The Kier molecular flexibility index (Phi) is 5.42. The standard InChI is InChI=1S/C24H23N3O4/c1-14-6-8-16(9-7-14)19-13-20(27(26-19)21(28)10-11-22(29)30)18-12-17-5-3-4-15(2)23(17)25-24(18)31/h3-9,12,20H,10-11,13H2,1-2H3,(H,25,31)(H,29,30)/t20-/m0/s1. The first-order valence-electron chi connectivity index (χ1n) is 10.1. The first-order valence-corrected chi connectivity index (χ1v) is 10.1. The van der Waals surface area contributed by atoms with Crippen LogP contribution in [0, 0.1) is 13.8 Å². The molecule has 0 spiro atoms. The van der Waals surface area contributed by atoms with Crippen molar-refractivity contribution in [2.75, 3.05) is 0 Å². The first kappa shape index (κ1) is 20.5.